The van der Waals surface area contributed by atoms with Crippen LogP contribution in [0.4, 0.5) is 5.69 Å². The third kappa shape index (κ3) is 3.75. The summed E-state index contributed by atoms with van der Waals surface area (Å²) in [5.74, 6) is 0. The summed E-state index contributed by atoms with van der Waals surface area (Å²) in [5, 5.41) is 0. The number of aromatic nitrogens is 1. The molecule has 23 heavy (non-hydrogen) atoms. The third-order valence-corrected chi connectivity index (χ3v) is 4.98. The number of aryl methyl sites for hydroxylation is 1. The Hall–Kier alpha value is -1.40. The van der Waals surface area contributed by atoms with Crippen LogP contribution in [0.25, 0.3) is 5.69 Å². The van der Waals surface area contributed by atoms with E-state index in [9.17, 15) is 0 Å². The van der Waals surface area contributed by atoms with Gasteiger partial charge in [-0.3, -0.25) is 4.99 Å². The van der Waals surface area contributed by atoms with E-state index >= 15 is 0 Å². The summed E-state index contributed by atoms with van der Waals surface area (Å²) in [7, 11) is 0. The first-order chi connectivity index (χ1) is 11.0. The molecule has 0 atom stereocenters. The number of nitrogens with zero attached hydrogens (tertiary/aromatic N) is 2. The third-order valence-electron chi connectivity index (χ3n) is 3.73. The topological polar surface area (TPSA) is 17.3 Å². The molecule has 1 heterocycles. The SMILES string of the molecule is Cc1cc(C=Nc2ccc(Br)cc2)c(C)n1-c1ccc(I)cc1. The molecular formula is C19H16BrIN2. The molecule has 0 saturated heterocycles. The van der Waals surface area contributed by atoms with E-state index in [0.29, 0.717) is 0 Å². The van der Waals surface area contributed by atoms with E-state index in [1.807, 2.05) is 30.5 Å². The van der Waals surface area contributed by atoms with Crippen LogP contribution in [-0.2, 0) is 0 Å². The maximum absolute atomic E-state index is 4.58. The fourth-order valence-electron chi connectivity index (χ4n) is 2.58. The minimum Gasteiger partial charge on any atom is -0.318 e. The van der Waals surface area contributed by atoms with Gasteiger partial charge in [0.2, 0.25) is 0 Å². The van der Waals surface area contributed by atoms with Gasteiger partial charge in [-0.05, 0) is 91.0 Å². The normalized spacial score (nSPS) is 11.3. The number of aliphatic imine (C=N–C) groups is 1. The van der Waals surface area contributed by atoms with Crippen LogP contribution in [0.1, 0.15) is 17.0 Å². The molecule has 116 valence electrons. The van der Waals surface area contributed by atoms with Gasteiger partial charge >= 0.3 is 0 Å². The van der Waals surface area contributed by atoms with E-state index in [0.717, 1.165) is 15.7 Å². The highest BCUT2D eigenvalue weighted by Crippen LogP contribution is 2.22. The number of hydrogen-bond donors (Lipinski definition) is 0. The van der Waals surface area contributed by atoms with Crippen molar-refractivity contribution in [2.45, 2.75) is 13.8 Å². The zero-order chi connectivity index (χ0) is 16.4. The molecule has 4 heteroatoms. The molecule has 0 fully saturated rings. The second-order valence-corrected chi connectivity index (χ2v) is 7.53. The lowest BCUT2D eigenvalue weighted by Crippen LogP contribution is -1.99. The first-order valence-corrected chi connectivity index (χ1v) is 9.16. The summed E-state index contributed by atoms with van der Waals surface area (Å²) < 4.78 is 4.57. The molecule has 0 saturated carbocycles. The van der Waals surface area contributed by atoms with Crippen molar-refractivity contribution in [3.63, 3.8) is 0 Å². The average Bonchev–Trinajstić information content (AvgIpc) is 2.82. The molecule has 1 aromatic heterocycles. The van der Waals surface area contributed by atoms with E-state index in [2.05, 4.69) is 92.3 Å². The van der Waals surface area contributed by atoms with Gasteiger partial charge in [0.15, 0.2) is 0 Å². The van der Waals surface area contributed by atoms with Crippen molar-refractivity contribution in [3.8, 4) is 5.69 Å². The molecule has 0 radical (unpaired) electrons. The molecule has 0 bridgehead atoms. The fourth-order valence-corrected chi connectivity index (χ4v) is 3.20. The Bertz CT molecular complexity index is 846. The predicted octanol–water partition coefficient (Wildman–Crippen LogP) is 6.21. The number of benzene rings is 2. The maximum atomic E-state index is 4.58. The Morgan fingerprint density at radius 3 is 2.30 bits per heavy atom. The highest BCUT2D eigenvalue weighted by atomic mass is 127. The molecule has 2 nitrogen and oxygen atoms in total. The molecule has 3 rings (SSSR count). The smallest absolute Gasteiger partial charge is 0.0630 e. The predicted molar refractivity (Wildman–Crippen MR) is 109 cm³/mol. The van der Waals surface area contributed by atoms with Crippen LogP contribution in [-0.4, -0.2) is 10.8 Å². The van der Waals surface area contributed by atoms with Crippen LogP contribution in [0.15, 0.2) is 64.1 Å². The van der Waals surface area contributed by atoms with E-state index in [1.54, 1.807) is 0 Å². The van der Waals surface area contributed by atoms with Crippen molar-refractivity contribution < 1.29 is 0 Å². The lowest BCUT2D eigenvalue weighted by molar-refractivity contribution is 0.964. The van der Waals surface area contributed by atoms with Crippen LogP contribution in [0, 0.1) is 17.4 Å². The Labute approximate surface area is 158 Å². The second-order valence-electron chi connectivity index (χ2n) is 5.37. The van der Waals surface area contributed by atoms with Crippen molar-refractivity contribution in [1.82, 2.24) is 4.57 Å². The average molecular weight is 479 g/mol. The molecule has 0 N–H and O–H groups in total. The van der Waals surface area contributed by atoms with Gasteiger partial charge in [-0.25, -0.2) is 0 Å². The molecule has 0 spiro atoms. The van der Waals surface area contributed by atoms with Crippen molar-refractivity contribution in [3.05, 3.63) is 79.6 Å². The molecule has 2 aromatic carbocycles. The van der Waals surface area contributed by atoms with Gasteiger partial charge in [0.1, 0.15) is 0 Å². The Morgan fingerprint density at radius 1 is 1.00 bits per heavy atom. The molecule has 0 unspecified atom stereocenters. The van der Waals surface area contributed by atoms with Crippen molar-refractivity contribution >= 4 is 50.4 Å². The van der Waals surface area contributed by atoms with Crippen LogP contribution >= 0.6 is 38.5 Å². The number of halogens is 2. The van der Waals surface area contributed by atoms with Gasteiger partial charge in [-0.2, -0.15) is 0 Å². The molecular weight excluding hydrogens is 463 g/mol. The van der Waals surface area contributed by atoms with Gasteiger partial charge in [-0.1, -0.05) is 15.9 Å². The minimum absolute atomic E-state index is 0.951. The second kappa shape index (κ2) is 7.01. The van der Waals surface area contributed by atoms with Crippen LogP contribution in [0.5, 0.6) is 0 Å². The van der Waals surface area contributed by atoms with Crippen LogP contribution < -0.4 is 0 Å². The van der Waals surface area contributed by atoms with E-state index in [4.69, 9.17) is 0 Å². The number of rotatable bonds is 3. The first kappa shape index (κ1) is 16.5. The summed E-state index contributed by atoms with van der Waals surface area (Å²) in [6.07, 6.45) is 1.94. The first-order valence-electron chi connectivity index (χ1n) is 7.29. The van der Waals surface area contributed by atoms with E-state index < -0.39 is 0 Å². The maximum Gasteiger partial charge on any atom is 0.0630 e. The Balaban J connectivity index is 1.94. The summed E-state index contributed by atoms with van der Waals surface area (Å²) in [6.45, 7) is 4.26. The van der Waals surface area contributed by atoms with Gasteiger partial charge < -0.3 is 4.57 Å². The van der Waals surface area contributed by atoms with Gasteiger partial charge in [0.05, 0.1) is 5.69 Å². The molecule has 0 aliphatic rings. The van der Waals surface area contributed by atoms with Crippen molar-refractivity contribution in [1.29, 1.82) is 0 Å². The highest BCUT2D eigenvalue weighted by Gasteiger charge is 2.09. The van der Waals surface area contributed by atoms with Crippen molar-refractivity contribution in [2.75, 3.05) is 0 Å². The van der Waals surface area contributed by atoms with E-state index in [-0.39, 0.29) is 0 Å². The zero-order valence-corrected chi connectivity index (χ0v) is 16.7. The Kier molecular flexibility index (Phi) is 5.02. The van der Waals surface area contributed by atoms with Gasteiger partial charge in [0.25, 0.3) is 0 Å². The summed E-state index contributed by atoms with van der Waals surface area (Å²) in [6, 6.07) is 18.7. The zero-order valence-electron chi connectivity index (χ0n) is 12.9. The van der Waals surface area contributed by atoms with Gasteiger partial charge in [-0.15, -0.1) is 0 Å². The molecule has 0 aliphatic carbocycles. The van der Waals surface area contributed by atoms with Crippen LogP contribution in [0.3, 0.4) is 0 Å². The lowest BCUT2D eigenvalue weighted by atomic mass is 10.2. The largest absolute Gasteiger partial charge is 0.318 e. The monoisotopic (exact) mass is 478 g/mol. The molecule has 3 aromatic rings. The Morgan fingerprint density at radius 2 is 1.65 bits per heavy atom. The summed E-state index contributed by atoms with van der Waals surface area (Å²) >= 11 is 5.77. The lowest BCUT2D eigenvalue weighted by Gasteiger charge is -2.09. The standard InChI is InChI=1S/C19H16BrIN2/c1-13-11-15(12-22-18-7-3-16(20)4-8-18)14(2)23(13)19-9-5-17(21)6-10-19/h3-12H,1-2H3. The fraction of sp³-hybridized carbons (Fsp3) is 0.105. The number of hydrogen-bond acceptors (Lipinski definition) is 1. The summed E-state index contributed by atoms with van der Waals surface area (Å²) in [4.78, 5) is 4.58. The quantitative estimate of drug-likeness (QED) is 0.314. The van der Waals surface area contributed by atoms with Crippen LogP contribution in [0.2, 0.25) is 0 Å². The minimum atomic E-state index is 0.951. The van der Waals surface area contributed by atoms with Crippen molar-refractivity contribution in [2.24, 2.45) is 4.99 Å². The molecule has 0 aliphatic heterocycles. The molecule has 0 amide bonds. The summed E-state index contributed by atoms with van der Waals surface area (Å²) in [5.41, 5.74) is 5.69. The highest BCUT2D eigenvalue weighted by molar-refractivity contribution is 14.1. The van der Waals surface area contributed by atoms with E-state index in [1.165, 1.54) is 20.6 Å². The van der Waals surface area contributed by atoms with Gasteiger partial charge in [0, 0.05) is 36.9 Å².